The normalized spacial score (nSPS) is 13.8. The van der Waals surface area contributed by atoms with Gasteiger partial charge in [0.1, 0.15) is 0 Å². The lowest BCUT2D eigenvalue weighted by atomic mass is 9.88. The number of pyridine rings is 1. The molecule has 188 valence electrons. The third-order valence-corrected chi connectivity index (χ3v) is 6.84. The third-order valence-electron chi connectivity index (χ3n) is 6.84. The Morgan fingerprint density at radius 3 is 2.67 bits per heavy atom. The van der Waals surface area contributed by atoms with Crippen molar-refractivity contribution in [1.82, 2.24) is 14.8 Å². The molecule has 0 fully saturated rings. The minimum Gasteiger partial charge on any atom is -0.481 e. The van der Waals surface area contributed by atoms with Crippen molar-refractivity contribution >= 4 is 11.7 Å². The predicted octanol–water partition coefficient (Wildman–Crippen LogP) is 5.79. The summed E-state index contributed by atoms with van der Waals surface area (Å²) in [4.78, 5) is 20.1. The first-order valence-electron chi connectivity index (χ1n) is 12.7. The van der Waals surface area contributed by atoms with Crippen molar-refractivity contribution < 1.29 is 14.6 Å². The van der Waals surface area contributed by atoms with Crippen molar-refractivity contribution in [2.45, 2.75) is 70.6 Å². The van der Waals surface area contributed by atoms with Crippen molar-refractivity contribution in [3.63, 3.8) is 0 Å². The fourth-order valence-electron chi connectivity index (χ4n) is 4.83. The van der Waals surface area contributed by atoms with Crippen molar-refractivity contribution in [3.8, 4) is 5.88 Å². The number of aliphatic carboxylic acids is 1. The van der Waals surface area contributed by atoms with Crippen molar-refractivity contribution in [1.29, 1.82) is 0 Å². The van der Waals surface area contributed by atoms with Crippen LogP contribution in [-0.2, 0) is 37.5 Å². The second-order valence-corrected chi connectivity index (χ2v) is 9.93. The van der Waals surface area contributed by atoms with Gasteiger partial charge >= 0.3 is 5.97 Å². The maximum absolute atomic E-state index is 11.7. The molecule has 1 unspecified atom stereocenters. The van der Waals surface area contributed by atoms with E-state index in [0.717, 1.165) is 41.8 Å². The molecule has 3 aromatic rings. The second-order valence-electron chi connectivity index (χ2n) is 9.93. The van der Waals surface area contributed by atoms with Crippen LogP contribution in [0.25, 0.3) is 4.85 Å². The Kier molecular flexibility index (Phi) is 8.04. The lowest BCUT2D eigenvalue weighted by molar-refractivity contribution is -0.137. The van der Waals surface area contributed by atoms with Crippen molar-refractivity contribution in [3.05, 3.63) is 81.6 Å². The van der Waals surface area contributed by atoms with E-state index in [1.54, 1.807) is 10.7 Å². The van der Waals surface area contributed by atoms with Gasteiger partial charge < -0.3 is 9.84 Å². The first-order chi connectivity index (χ1) is 17.3. The molecule has 7 heteroatoms. The number of benzene rings is 1. The molecule has 0 radical (unpaired) electrons. The summed E-state index contributed by atoms with van der Waals surface area (Å²) in [5.74, 6) is -0.265. The van der Waals surface area contributed by atoms with Gasteiger partial charge in [0, 0.05) is 30.9 Å². The van der Waals surface area contributed by atoms with Gasteiger partial charge in [0.2, 0.25) is 5.88 Å². The van der Waals surface area contributed by atoms with Gasteiger partial charge in [-0.05, 0) is 55.6 Å². The van der Waals surface area contributed by atoms with E-state index < -0.39 is 5.97 Å². The highest BCUT2D eigenvalue weighted by Crippen LogP contribution is 2.32. The molecule has 2 aromatic heterocycles. The average Bonchev–Trinajstić information content (AvgIpc) is 3.21. The topological polar surface area (TPSA) is 81.6 Å². The van der Waals surface area contributed by atoms with Crippen LogP contribution in [0.4, 0.5) is 5.69 Å². The predicted molar refractivity (Wildman–Crippen MR) is 139 cm³/mol. The summed E-state index contributed by atoms with van der Waals surface area (Å²) in [7, 11) is 1.83. The number of nitrogens with zero attached hydrogens (tertiary/aromatic N) is 4. The number of aromatic nitrogens is 3. The summed E-state index contributed by atoms with van der Waals surface area (Å²) >= 11 is 0. The summed E-state index contributed by atoms with van der Waals surface area (Å²) in [6, 6.07) is 11.9. The van der Waals surface area contributed by atoms with Crippen LogP contribution >= 0.6 is 0 Å². The molecule has 0 bridgehead atoms. The van der Waals surface area contributed by atoms with E-state index in [0.29, 0.717) is 24.6 Å². The first-order valence-corrected chi connectivity index (χ1v) is 12.7. The molecule has 1 aliphatic rings. The van der Waals surface area contributed by atoms with Gasteiger partial charge in [-0.1, -0.05) is 49.2 Å². The number of carbonyl (C=O) groups is 1. The molecule has 1 atom stereocenters. The first kappa shape index (κ1) is 25.4. The number of hydrogen-bond acceptors (Lipinski definition) is 4. The molecule has 2 heterocycles. The van der Waals surface area contributed by atoms with E-state index >= 15 is 0 Å². The maximum Gasteiger partial charge on any atom is 0.303 e. The highest BCUT2D eigenvalue weighted by molar-refractivity contribution is 5.68. The van der Waals surface area contributed by atoms with Crippen LogP contribution in [0.15, 0.2) is 36.4 Å². The van der Waals surface area contributed by atoms with Gasteiger partial charge in [-0.25, -0.2) is 9.53 Å². The van der Waals surface area contributed by atoms with E-state index in [1.165, 1.54) is 24.1 Å². The van der Waals surface area contributed by atoms with E-state index in [1.807, 2.05) is 25.2 Å². The quantitative estimate of drug-likeness (QED) is 0.367. The summed E-state index contributed by atoms with van der Waals surface area (Å²) in [5.41, 5.74) is 6.85. The van der Waals surface area contributed by atoms with Crippen LogP contribution in [-0.4, -0.2) is 32.4 Å². The lowest BCUT2D eigenvalue weighted by Gasteiger charge is -2.17. The SMILES string of the molecule is [C-]#[N+]c1cc(C(C)C)cc(C(CC(=O)O)Cc2cc(OCCc3ccc4c(n3)CCCC4)n(C)n2)c1. The highest BCUT2D eigenvalue weighted by Gasteiger charge is 2.21. The third kappa shape index (κ3) is 6.31. The monoisotopic (exact) mass is 486 g/mol. The van der Waals surface area contributed by atoms with Crippen LogP contribution in [0.2, 0.25) is 0 Å². The maximum atomic E-state index is 11.7. The van der Waals surface area contributed by atoms with Crippen LogP contribution in [0.3, 0.4) is 0 Å². The number of aryl methyl sites for hydroxylation is 3. The van der Waals surface area contributed by atoms with Gasteiger partial charge in [0.15, 0.2) is 5.69 Å². The standard InChI is InChI=1S/C29H34N4O3/c1-19(2)21-13-22(15-25(14-21)30-3)23(17-29(34)35)16-26-18-28(33(4)32-26)36-12-11-24-10-9-20-7-5-6-8-27(20)31-24/h9-10,13-15,18-19,23H,5-8,11-12,16-17H2,1-2,4H3,(H,34,35). The van der Waals surface area contributed by atoms with E-state index in [9.17, 15) is 9.90 Å². The molecule has 1 N–H and O–H groups in total. The van der Waals surface area contributed by atoms with Crippen LogP contribution in [0.1, 0.15) is 78.7 Å². The minimum absolute atomic E-state index is 0.0320. The zero-order chi connectivity index (χ0) is 25.7. The van der Waals surface area contributed by atoms with Gasteiger partial charge in [-0.2, -0.15) is 5.10 Å². The molecular weight excluding hydrogens is 452 g/mol. The average molecular weight is 487 g/mol. The molecular formula is C29H34N4O3. The highest BCUT2D eigenvalue weighted by atomic mass is 16.5. The molecule has 0 saturated carbocycles. The lowest BCUT2D eigenvalue weighted by Crippen LogP contribution is -2.10. The number of carboxylic acid groups (broad SMARTS) is 1. The summed E-state index contributed by atoms with van der Waals surface area (Å²) in [6.07, 6.45) is 5.78. The molecule has 1 aromatic carbocycles. The van der Waals surface area contributed by atoms with Gasteiger partial charge in [-0.15, -0.1) is 0 Å². The van der Waals surface area contributed by atoms with Crippen molar-refractivity contribution in [2.24, 2.45) is 7.05 Å². The molecule has 0 aliphatic heterocycles. The Bertz CT molecular complexity index is 1270. The van der Waals surface area contributed by atoms with E-state index in [-0.39, 0.29) is 18.3 Å². The fourth-order valence-corrected chi connectivity index (χ4v) is 4.83. The smallest absolute Gasteiger partial charge is 0.303 e. The Hall–Kier alpha value is -3.66. The zero-order valence-electron chi connectivity index (χ0n) is 21.3. The molecule has 7 nitrogen and oxygen atoms in total. The Balaban J connectivity index is 1.45. The van der Waals surface area contributed by atoms with Gasteiger partial charge in [-0.3, -0.25) is 9.78 Å². The largest absolute Gasteiger partial charge is 0.481 e. The Morgan fingerprint density at radius 2 is 1.92 bits per heavy atom. The molecule has 0 spiro atoms. The summed E-state index contributed by atoms with van der Waals surface area (Å²) in [5, 5.41) is 14.2. The number of carboxylic acids is 1. The second kappa shape index (κ2) is 11.4. The Labute approximate surface area is 213 Å². The molecule has 36 heavy (non-hydrogen) atoms. The fraction of sp³-hybridized carbons (Fsp3) is 0.448. The summed E-state index contributed by atoms with van der Waals surface area (Å²) in [6.45, 7) is 12.1. The van der Waals surface area contributed by atoms with Crippen LogP contribution in [0.5, 0.6) is 5.88 Å². The molecule has 4 rings (SSSR count). The number of hydrogen-bond donors (Lipinski definition) is 1. The molecule has 0 amide bonds. The number of rotatable bonds is 10. The minimum atomic E-state index is -0.871. The van der Waals surface area contributed by atoms with Crippen LogP contribution in [0, 0.1) is 6.57 Å². The van der Waals surface area contributed by atoms with E-state index in [4.69, 9.17) is 16.3 Å². The molecule has 0 saturated heterocycles. The van der Waals surface area contributed by atoms with Gasteiger partial charge in [0.25, 0.3) is 0 Å². The zero-order valence-corrected chi connectivity index (χ0v) is 21.3. The number of fused-ring (bicyclic) bond motifs is 1. The molecule has 1 aliphatic carbocycles. The van der Waals surface area contributed by atoms with E-state index in [2.05, 4.69) is 35.9 Å². The van der Waals surface area contributed by atoms with Crippen LogP contribution < -0.4 is 4.74 Å². The summed E-state index contributed by atoms with van der Waals surface area (Å²) < 4.78 is 7.72. The number of ether oxygens (including phenoxy) is 1. The Morgan fingerprint density at radius 1 is 1.14 bits per heavy atom. The van der Waals surface area contributed by atoms with Gasteiger partial charge in [0.05, 0.1) is 25.3 Å². The van der Waals surface area contributed by atoms with Crippen molar-refractivity contribution in [2.75, 3.05) is 6.61 Å².